The second-order valence-electron chi connectivity index (χ2n) is 3.89. The van der Waals surface area contributed by atoms with Crippen LogP contribution in [-0.4, -0.2) is 39.5 Å². The van der Waals surface area contributed by atoms with Crippen molar-refractivity contribution in [1.82, 2.24) is 15.3 Å². The number of nitrogens with zero attached hydrogens (tertiary/aromatic N) is 2. The van der Waals surface area contributed by atoms with Crippen LogP contribution in [-0.2, 0) is 4.79 Å². The van der Waals surface area contributed by atoms with Gasteiger partial charge in [-0.05, 0) is 12.8 Å². The van der Waals surface area contributed by atoms with Gasteiger partial charge in [-0.25, -0.2) is 14.8 Å². The Balaban J connectivity index is 2.07. The van der Waals surface area contributed by atoms with Crippen LogP contribution in [0.1, 0.15) is 23.2 Å². The van der Waals surface area contributed by atoms with Crippen molar-refractivity contribution >= 4 is 17.8 Å². The number of anilines is 1. The molecule has 0 atom stereocenters. The number of carboxylic acid groups (broad SMARTS) is 1. The van der Waals surface area contributed by atoms with Crippen LogP contribution >= 0.6 is 0 Å². The molecule has 0 spiro atoms. The quantitative estimate of drug-likeness (QED) is 0.672. The van der Waals surface area contributed by atoms with E-state index in [2.05, 4.69) is 20.6 Å². The summed E-state index contributed by atoms with van der Waals surface area (Å²) in [6, 6.07) is 0. The molecule has 2 rings (SSSR count). The van der Waals surface area contributed by atoms with Crippen LogP contribution < -0.4 is 10.6 Å². The predicted octanol–water partition coefficient (Wildman–Crippen LogP) is -0.135. The van der Waals surface area contributed by atoms with Gasteiger partial charge in [0.25, 0.3) is 5.91 Å². The summed E-state index contributed by atoms with van der Waals surface area (Å²) < 4.78 is 0. The number of hydrogen-bond acceptors (Lipinski definition) is 5. The molecule has 7 nitrogen and oxygen atoms in total. The second-order valence-corrected chi connectivity index (χ2v) is 3.89. The van der Waals surface area contributed by atoms with E-state index in [0.717, 1.165) is 0 Å². The molecule has 1 amide bonds. The van der Waals surface area contributed by atoms with Crippen molar-refractivity contribution in [3.05, 3.63) is 18.0 Å². The van der Waals surface area contributed by atoms with Gasteiger partial charge in [0.15, 0.2) is 0 Å². The van der Waals surface area contributed by atoms with Crippen molar-refractivity contribution in [2.45, 2.75) is 18.4 Å². The molecule has 0 saturated heterocycles. The molecule has 1 aromatic heterocycles. The highest BCUT2D eigenvalue weighted by molar-refractivity contribution is 5.98. The third kappa shape index (κ3) is 2.17. The van der Waals surface area contributed by atoms with Crippen LogP contribution in [0.5, 0.6) is 0 Å². The average Bonchev–Trinajstić information content (AvgIpc) is 3.10. The number of aliphatic carboxylic acids is 1. The van der Waals surface area contributed by atoms with Gasteiger partial charge in [0.2, 0.25) is 5.95 Å². The lowest BCUT2D eigenvalue weighted by Gasteiger charge is -2.11. The molecule has 1 heterocycles. The summed E-state index contributed by atoms with van der Waals surface area (Å²) in [5.74, 6) is -1.06. The summed E-state index contributed by atoms with van der Waals surface area (Å²) >= 11 is 0. The Morgan fingerprint density at radius 1 is 1.35 bits per heavy atom. The number of aromatic nitrogens is 2. The normalized spacial score (nSPS) is 16.1. The number of hydrogen-bond donors (Lipinski definition) is 3. The Bertz CT molecular complexity index is 453. The van der Waals surface area contributed by atoms with Crippen LogP contribution in [0.3, 0.4) is 0 Å². The van der Waals surface area contributed by atoms with E-state index in [1.54, 1.807) is 7.05 Å². The highest BCUT2D eigenvalue weighted by atomic mass is 16.4. The third-order valence-electron chi connectivity index (χ3n) is 2.65. The average molecular weight is 236 g/mol. The molecule has 0 aliphatic heterocycles. The molecule has 0 aromatic carbocycles. The molecular formula is C10H12N4O3. The van der Waals surface area contributed by atoms with E-state index >= 15 is 0 Å². The fraction of sp³-hybridized carbons (Fsp3) is 0.400. The summed E-state index contributed by atoms with van der Waals surface area (Å²) in [5, 5.41) is 14.1. The van der Waals surface area contributed by atoms with E-state index in [4.69, 9.17) is 5.11 Å². The summed E-state index contributed by atoms with van der Waals surface area (Å²) in [6.45, 7) is 0. The molecule has 3 N–H and O–H groups in total. The Morgan fingerprint density at radius 2 is 1.94 bits per heavy atom. The first-order valence-corrected chi connectivity index (χ1v) is 5.13. The third-order valence-corrected chi connectivity index (χ3v) is 2.65. The number of carbonyl (C=O) groups is 2. The lowest BCUT2D eigenvalue weighted by Crippen LogP contribution is -2.43. The highest BCUT2D eigenvalue weighted by Crippen LogP contribution is 2.35. The summed E-state index contributed by atoms with van der Waals surface area (Å²) in [6.07, 6.45) is 3.63. The monoisotopic (exact) mass is 236 g/mol. The first kappa shape index (κ1) is 11.3. The van der Waals surface area contributed by atoms with Gasteiger partial charge in [-0.15, -0.1) is 0 Å². The minimum atomic E-state index is -1.08. The van der Waals surface area contributed by atoms with Crippen LogP contribution in [0.25, 0.3) is 0 Å². The molecule has 0 radical (unpaired) electrons. The van der Waals surface area contributed by atoms with Gasteiger partial charge < -0.3 is 15.7 Å². The van der Waals surface area contributed by atoms with E-state index in [1.807, 2.05) is 0 Å². The van der Waals surface area contributed by atoms with Crippen LogP contribution in [0.15, 0.2) is 12.4 Å². The number of nitrogens with one attached hydrogen (secondary N) is 2. The van der Waals surface area contributed by atoms with Gasteiger partial charge in [0, 0.05) is 19.4 Å². The van der Waals surface area contributed by atoms with Crippen molar-refractivity contribution in [3.63, 3.8) is 0 Å². The first-order valence-electron chi connectivity index (χ1n) is 5.13. The molecule has 1 aliphatic rings. The molecule has 1 saturated carbocycles. The summed E-state index contributed by atoms with van der Waals surface area (Å²) in [4.78, 5) is 30.4. The Morgan fingerprint density at radius 3 is 2.35 bits per heavy atom. The van der Waals surface area contributed by atoms with Crippen LogP contribution in [0.4, 0.5) is 5.95 Å². The van der Waals surface area contributed by atoms with Gasteiger partial charge in [0.1, 0.15) is 5.54 Å². The lowest BCUT2D eigenvalue weighted by atomic mass is 10.2. The maximum absolute atomic E-state index is 11.7. The standard InChI is InChI=1S/C10H12N4O3/c1-11-9-12-4-6(5-13-9)7(15)14-10(2-3-10)8(16)17/h4-5H,2-3H2,1H3,(H,14,15)(H,16,17)(H,11,12,13). The molecule has 17 heavy (non-hydrogen) atoms. The summed E-state index contributed by atoms with van der Waals surface area (Å²) in [7, 11) is 1.67. The van der Waals surface area contributed by atoms with Gasteiger partial charge in [0.05, 0.1) is 5.56 Å². The predicted molar refractivity (Wildman–Crippen MR) is 58.6 cm³/mol. The number of carbonyl (C=O) groups excluding carboxylic acids is 1. The van der Waals surface area contributed by atoms with Crippen molar-refractivity contribution in [2.24, 2.45) is 0 Å². The highest BCUT2D eigenvalue weighted by Gasteiger charge is 2.51. The maximum Gasteiger partial charge on any atom is 0.329 e. The van der Waals surface area contributed by atoms with Crippen molar-refractivity contribution in [3.8, 4) is 0 Å². The van der Waals surface area contributed by atoms with Gasteiger partial charge in [-0.3, -0.25) is 4.79 Å². The molecular weight excluding hydrogens is 224 g/mol. The topological polar surface area (TPSA) is 104 Å². The van der Waals surface area contributed by atoms with E-state index in [1.165, 1.54) is 12.4 Å². The Hall–Kier alpha value is -2.18. The van der Waals surface area contributed by atoms with E-state index in [0.29, 0.717) is 18.8 Å². The lowest BCUT2D eigenvalue weighted by molar-refractivity contribution is -0.140. The molecule has 7 heteroatoms. The zero-order valence-corrected chi connectivity index (χ0v) is 9.23. The van der Waals surface area contributed by atoms with Crippen LogP contribution in [0.2, 0.25) is 0 Å². The maximum atomic E-state index is 11.7. The van der Waals surface area contributed by atoms with Gasteiger partial charge in [-0.1, -0.05) is 0 Å². The van der Waals surface area contributed by atoms with E-state index in [-0.39, 0.29) is 5.56 Å². The molecule has 1 fully saturated rings. The molecule has 1 aliphatic carbocycles. The van der Waals surface area contributed by atoms with Crippen LogP contribution in [0, 0.1) is 0 Å². The molecule has 1 aromatic rings. The number of carboxylic acids is 1. The van der Waals surface area contributed by atoms with Crippen molar-refractivity contribution in [1.29, 1.82) is 0 Å². The zero-order chi connectivity index (χ0) is 12.5. The molecule has 90 valence electrons. The molecule has 0 bridgehead atoms. The number of amides is 1. The first-order chi connectivity index (χ1) is 8.07. The van der Waals surface area contributed by atoms with Gasteiger partial charge >= 0.3 is 5.97 Å². The Kier molecular flexibility index (Phi) is 2.66. The van der Waals surface area contributed by atoms with Crippen molar-refractivity contribution < 1.29 is 14.7 Å². The fourth-order valence-corrected chi connectivity index (χ4v) is 1.38. The second kappa shape index (κ2) is 4.00. The van der Waals surface area contributed by atoms with E-state index in [9.17, 15) is 9.59 Å². The largest absolute Gasteiger partial charge is 0.480 e. The Labute approximate surface area is 97.3 Å². The minimum Gasteiger partial charge on any atom is -0.480 e. The fourth-order valence-electron chi connectivity index (χ4n) is 1.38. The smallest absolute Gasteiger partial charge is 0.329 e. The number of rotatable bonds is 4. The van der Waals surface area contributed by atoms with Gasteiger partial charge in [-0.2, -0.15) is 0 Å². The van der Waals surface area contributed by atoms with Crippen molar-refractivity contribution in [2.75, 3.05) is 12.4 Å². The summed E-state index contributed by atoms with van der Waals surface area (Å²) in [5.41, 5.74) is -0.838. The zero-order valence-electron chi connectivity index (χ0n) is 9.23. The minimum absolute atomic E-state index is 0.247. The molecule has 0 unspecified atom stereocenters. The van der Waals surface area contributed by atoms with E-state index < -0.39 is 17.4 Å². The SMILES string of the molecule is CNc1ncc(C(=O)NC2(C(=O)O)CC2)cn1.